The second-order valence-electron chi connectivity index (χ2n) is 5.01. The number of hydrogen-bond donors (Lipinski definition) is 1. The van der Waals surface area contributed by atoms with Gasteiger partial charge < -0.3 is 14.9 Å². The lowest BCUT2D eigenvalue weighted by molar-refractivity contribution is -0.0682. The highest BCUT2D eigenvalue weighted by molar-refractivity contribution is 6.31. The minimum atomic E-state index is -0.383. The zero-order valence-electron chi connectivity index (χ0n) is 12.3. The molecule has 0 saturated carbocycles. The summed E-state index contributed by atoms with van der Waals surface area (Å²) < 4.78 is 11.8. The fourth-order valence-electron chi connectivity index (χ4n) is 2.72. The second kappa shape index (κ2) is 6.17. The Kier molecular flexibility index (Phi) is 4.74. The average molecular weight is 296 g/mol. The van der Waals surface area contributed by atoms with Crippen molar-refractivity contribution >= 4 is 22.6 Å². The first-order valence-corrected chi connectivity index (χ1v) is 7.52. The Morgan fingerprint density at radius 3 is 2.55 bits per heavy atom. The van der Waals surface area contributed by atoms with Gasteiger partial charge in [-0.05, 0) is 44.0 Å². The number of rotatable bonds is 6. The van der Waals surface area contributed by atoms with Gasteiger partial charge in [-0.1, -0.05) is 25.4 Å². The van der Waals surface area contributed by atoms with Gasteiger partial charge in [-0.15, -0.1) is 0 Å². The lowest BCUT2D eigenvalue weighted by atomic mass is 9.87. The molecule has 2 N–H and O–H groups in total. The number of hydrogen-bond acceptors (Lipinski definition) is 3. The molecular weight excluding hydrogens is 274 g/mol. The van der Waals surface area contributed by atoms with Crippen LogP contribution in [0, 0.1) is 0 Å². The maximum atomic E-state index is 6.43. The molecule has 20 heavy (non-hydrogen) atoms. The van der Waals surface area contributed by atoms with Crippen molar-refractivity contribution < 1.29 is 9.15 Å². The molecule has 0 aliphatic rings. The van der Waals surface area contributed by atoms with Gasteiger partial charge in [0.1, 0.15) is 11.3 Å². The van der Waals surface area contributed by atoms with Gasteiger partial charge in [-0.25, -0.2) is 0 Å². The number of ether oxygens (including phenoxy) is 1. The first-order valence-electron chi connectivity index (χ1n) is 7.14. The molecule has 1 unspecified atom stereocenters. The quantitative estimate of drug-likeness (QED) is 0.841. The summed E-state index contributed by atoms with van der Waals surface area (Å²) in [5, 5.41) is 1.67. The number of nitrogens with two attached hydrogens (primary N) is 1. The van der Waals surface area contributed by atoms with E-state index >= 15 is 0 Å². The van der Waals surface area contributed by atoms with Gasteiger partial charge in [0.25, 0.3) is 0 Å². The first-order chi connectivity index (χ1) is 9.56. The smallest absolute Gasteiger partial charge is 0.134 e. The predicted octanol–water partition coefficient (Wildman–Crippen LogP) is 4.68. The van der Waals surface area contributed by atoms with Crippen LogP contribution in [-0.4, -0.2) is 12.2 Å². The van der Waals surface area contributed by atoms with E-state index in [0.717, 1.165) is 29.6 Å². The van der Waals surface area contributed by atoms with E-state index in [1.54, 1.807) is 0 Å². The van der Waals surface area contributed by atoms with E-state index in [1.165, 1.54) is 0 Å². The van der Waals surface area contributed by atoms with Gasteiger partial charge in [0.15, 0.2) is 0 Å². The third-order valence-electron chi connectivity index (χ3n) is 4.00. The van der Waals surface area contributed by atoms with Crippen LogP contribution in [0.3, 0.4) is 0 Å². The normalized spacial score (nSPS) is 13.8. The summed E-state index contributed by atoms with van der Waals surface area (Å²) in [4.78, 5) is 0. The van der Waals surface area contributed by atoms with Gasteiger partial charge in [0.2, 0.25) is 0 Å². The largest absolute Gasteiger partial charge is 0.459 e. The minimum Gasteiger partial charge on any atom is -0.459 e. The lowest BCUT2D eigenvalue weighted by Gasteiger charge is -2.36. The van der Waals surface area contributed by atoms with Gasteiger partial charge >= 0.3 is 0 Å². The minimum absolute atomic E-state index is 0.288. The van der Waals surface area contributed by atoms with E-state index in [9.17, 15) is 0 Å². The van der Waals surface area contributed by atoms with Crippen LogP contribution >= 0.6 is 11.6 Å². The van der Waals surface area contributed by atoms with Crippen molar-refractivity contribution in [3.8, 4) is 0 Å². The number of fused-ring (bicyclic) bond motifs is 1. The summed E-state index contributed by atoms with van der Waals surface area (Å²) in [6.07, 6.45) is 1.69. The van der Waals surface area contributed by atoms with Crippen LogP contribution in [0.1, 0.15) is 45.4 Å². The van der Waals surface area contributed by atoms with Crippen LogP contribution in [0.2, 0.25) is 5.02 Å². The molecule has 1 aromatic carbocycles. The Labute approximate surface area is 125 Å². The van der Waals surface area contributed by atoms with E-state index in [4.69, 9.17) is 26.5 Å². The van der Waals surface area contributed by atoms with Crippen molar-refractivity contribution in [1.29, 1.82) is 0 Å². The second-order valence-corrected chi connectivity index (χ2v) is 5.45. The highest BCUT2D eigenvalue weighted by Gasteiger charge is 2.37. The topological polar surface area (TPSA) is 48.4 Å². The van der Waals surface area contributed by atoms with Crippen molar-refractivity contribution in [3.63, 3.8) is 0 Å². The Morgan fingerprint density at radius 1 is 1.25 bits per heavy atom. The van der Waals surface area contributed by atoms with Crippen LogP contribution < -0.4 is 5.73 Å². The highest BCUT2D eigenvalue weighted by Crippen LogP contribution is 2.36. The summed E-state index contributed by atoms with van der Waals surface area (Å²) in [6.45, 7) is 6.82. The predicted molar refractivity (Wildman–Crippen MR) is 83.1 cm³/mol. The third kappa shape index (κ3) is 2.71. The van der Waals surface area contributed by atoms with Crippen molar-refractivity contribution in [2.75, 3.05) is 6.61 Å². The molecule has 0 bridgehead atoms. The van der Waals surface area contributed by atoms with Crippen LogP contribution in [0.5, 0.6) is 0 Å². The standard InChI is InChI=1S/C16H22ClNO2/c1-4-16(5-2,19-6-3)15(18)14-10-11-9-12(17)7-8-13(11)20-14/h7-10,15H,4-6,18H2,1-3H3. The fourth-order valence-corrected chi connectivity index (χ4v) is 2.90. The Morgan fingerprint density at radius 2 is 1.95 bits per heavy atom. The third-order valence-corrected chi connectivity index (χ3v) is 4.23. The van der Waals surface area contributed by atoms with Gasteiger partial charge in [-0.2, -0.15) is 0 Å². The van der Waals surface area contributed by atoms with Crippen LogP contribution in [0.25, 0.3) is 11.0 Å². The first kappa shape index (κ1) is 15.4. The Bertz CT molecular complexity index is 575. The molecule has 0 aliphatic carbocycles. The molecule has 2 rings (SSSR count). The molecule has 110 valence electrons. The van der Waals surface area contributed by atoms with Crippen molar-refractivity contribution in [2.45, 2.75) is 45.3 Å². The summed E-state index contributed by atoms with van der Waals surface area (Å²) in [6, 6.07) is 7.25. The lowest BCUT2D eigenvalue weighted by Crippen LogP contribution is -2.42. The fraction of sp³-hybridized carbons (Fsp3) is 0.500. The van der Waals surface area contributed by atoms with Crippen LogP contribution in [0.4, 0.5) is 0 Å². The van der Waals surface area contributed by atoms with E-state index in [1.807, 2.05) is 31.2 Å². The van der Waals surface area contributed by atoms with Crippen molar-refractivity contribution in [2.24, 2.45) is 5.73 Å². The molecule has 4 heteroatoms. The van der Waals surface area contributed by atoms with Crippen molar-refractivity contribution in [1.82, 2.24) is 0 Å². The molecule has 0 amide bonds. The molecule has 0 spiro atoms. The molecule has 0 fully saturated rings. The van der Waals surface area contributed by atoms with Gasteiger partial charge in [0, 0.05) is 17.0 Å². The molecule has 1 heterocycles. The zero-order chi connectivity index (χ0) is 14.8. The molecule has 0 radical (unpaired) electrons. The average Bonchev–Trinajstić information content (AvgIpc) is 2.87. The zero-order valence-corrected chi connectivity index (χ0v) is 13.0. The van der Waals surface area contributed by atoms with E-state index in [0.29, 0.717) is 11.6 Å². The highest BCUT2D eigenvalue weighted by atomic mass is 35.5. The summed E-state index contributed by atoms with van der Waals surface area (Å²) in [5.74, 6) is 0.749. The Hall–Kier alpha value is -1.03. The SMILES string of the molecule is CCOC(CC)(CC)C(N)c1cc2cc(Cl)ccc2o1. The van der Waals surface area contributed by atoms with Gasteiger partial charge in [0.05, 0.1) is 11.6 Å². The maximum absolute atomic E-state index is 6.43. The monoisotopic (exact) mass is 295 g/mol. The summed E-state index contributed by atoms with van der Waals surface area (Å²) in [5.41, 5.74) is 6.85. The molecule has 2 aromatic rings. The maximum Gasteiger partial charge on any atom is 0.134 e. The number of halogens is 1. The van der Waals surface area contributed by atoms with Crippen molar-refractivity contribution in [3.05, 3.63) is 35.0 Å². The Balaban J connectivity index is 2.40. The van der Waals surface area contributed by atoms with E-state index in [2.05, 4.69) is 13.8 Å². The van der Waals surface area contributed by atoms with E-state index < -0.39 is 0 Å². The molecule has 0 saturated heterocycles. The molecule has 1 aromatic heterocycles. The van der Waals surface area contributed by atoms with E-state index in [-0.39, 0.29) is 11.6 Å². The molecule has 0 aliphatic heterocycles. The molecular formula is C16H22ClNO2. The summed E-state index contributed by atoms with van der Waals surface area (Å²) in [7, 11) is 0. The number of benzene rings is 1. The van der Waals surface area contributed by atoms with Gasteiger partial charge in [-0.3, -0.25) is 0 Å². The summed E-state index contributed by atoms with van der Waals surface area (Å²) >= 11 is 6.00. The van der Waals surface area contributed by atoms with Crippen LogP contribution in [-0.2, 0) is 4.74 Å². The molecule has 1 atom stereocenters. The number of furan rings is 1. The van der Waals surface area contributed by atoms with Crippen LogP contribution in [0.15, 0.2) is 28.7 Å². The molecule has 3 nitrogen and oxygen atoms in total.